The molecule has 130 valence electrons. The van der Waals surface area contributed by atoms with Gasteiger partial charge in [-0.25, -0.2) is 0 Å². The van der Waals surface area contributed by atoms with Crippen LogP contribution in [0.1, 0.15) is 51.5 Å². The van der Waals surface area contributed by atoms with Crippen LogP contribution < -0.4 is 10.1 Å². The van der Waals surface area contributed by atoms with Gasteiger partial charge in [-0.05, 0) is 49.8 Å². The first-order valence-electron chi connectivity index (χ1n) is 8.58. The zero-order valence-electron chi connectivity index (χ0n) is 14.7. The first kappa shape index (κ1) is 18.3. The van der Waals surface area contributed by atoms with E-state index >= 15 is 0 Å². The molecule has 24 heavy (non-hydrogen) atoms. The number of rotatable bonds is 6. The van der Waals surface area contributed by atoms with Crippen molar-refractivity contribution in [2.75, 3.05) is 19.0 Å². The number of nitrogens with zero attached hydrogens (tertiary/aromatic N) is 1. The second-order valence-electron chi connectivity index (χ2n) is 6.52. The van der Waals surface area contributed by atoms with Gasteiger partial charge in [0.15, 0.2) is 0 Å². The van der Waals surface area contributed by atoms with Crippen LogP contribution in [0, 0.1) is 17.2 Å². The van der Waals surface area contributed by atoms with Crippen LogP contribution in [-0.4, -0.2) is 25.2 Å². The molecule has 2 unspecified atom stereocenters. The Morgan fingerprint density at radius 2 is 2.29 bits per heavy atom. The van der Waals surface area contributed by atoms with Gasteiger partial charge in [-0.2, -0.15) is 5.26 Å². The van der Waals surface area contributed by atoms with Gasteiger partial charge in [-0.3, -0.25) is 4.79 Å². The molecule has 0 heterocycles. The molecule has 1 aromatic carbocycles. The zero-order valence-corrected chi connectivity index (χ0v) is 14.7. The fourth-order valence-electron chi connectivity index (χ4n) is 3.29. The predicted octanol–water partition coefficient (Wildman–Crippen LogP) is 3.88. The van der Waals surface area contributed by atoms with Gasteiger partial charge in [0.05, 0.1) is 18.4 Å². The highest BCUT2D eigenvalue weighted by molar-refractivity contribution is 5.98. The summed E-state index contributed by atoms with van der Waals surface area (Å²) in [5.41, 5.74) is 0.0959. The van der Waals surface area contributed by atoms with Gasteiger partial charge < -0.3 is 14.8 Å². The van der Waals surface area contributed by atoms with Crippen molar-refractivity contribution in [3.63, 3.8) is 0 Å². The number of ether oxygens (including phenoxy) is 2. The second-order valence-corrected chi connectivity index (χ2v) is 6.52. The normalized spacial score (nSPS) is 23.3. The van der Waals surface area contributed by atoms with E-state index in [2.05, 4.69) is 18.3 Å². The number of amides is 1. The molecule has 1 saturated carbocycles. The minimum Gasteiger partial charge on any atom is -0.497 e. The molecule has 1 fully saturated rings. The molecule has 5 nitrogen and oxygen atoms in total. The second kappa shape index (κ2) is 8.16. The number of carbonyl (C=O) groups is 1. The molecule has 0 radical (unpaired) electrons. The Morgan fingerprint density at radius 1 is 1.50 bits per heavy atom. The van der Waals surface area contributed by atoms with Gasteiger partial charge in [-0.1, -0.05) is 20.3 Å². The van der Waals surface area contributed by atoms with Crippen molar-refractivity contribution in [2.45, 2.75) is 51.6 Å². The van der Waals surface area contributed by atoms with Crippen LogP contribution in [0.15, 0.2) is 18.2 Å². The summed E-state index contributed by atoms with van der Waals surface area (Å²) in [4.78, 5) is 13.0. The molecule has 2 rings (SSSR count). The predicted molar refractivity (Wildman–Crippen MR) is 92.9 cm³/mol. The van der Waals surface area contributed by atoms with Crippen LogP contribution in [0.5, 0.6) is 5.75 Å². The molecule has 2 atom stereocenters. The molecule has 0 aliphatic heterocycles. The summed E-state index contributed by atoms with van der Waals surface area (Å²) in [5, 5.41) is 12.2. The Bertz CT molecular complexity index is 624. The highest BCUT2D eigenvalue weighted by Gasteiger charge is 2.42. The van der Waals surface area contributed by atoms with E-state index in [-0.39, 0.29) is 5.91 Å². The number of anilines is 1. The fourth-order valence-corrected chi connectivity index (χ4v) is 3.29. The fraction of sp³-hybridized carbons (Fsp3) is 0.579. The third kappa shape index (κ3) is 4.07. The van der Waals surface area contributed by atoms with Crippen molar-refractivity contribution in [3.05, 3.63) is 23.8 Å². The molecule has 0 aromatic heterocycles. The number of nitrogens with one attached hydrogen (secondary N) is 1. The average Bonchev–Trinajstić information content (AvgIpc) is 2.60. The lowest BCUT2D eigenvalue weighted by atomic mass is 9.78. The van der Waals surface area contributed by atoms with Crippen molar-refractivity contribution >= 4 is 11.6 Å². The largest absolute Gasteiger partial charge is 0.497 e. The van der Waals surface area contributed by atoms with E-state index in [9.17, 15) is 10.1 Å². The molecule has 0 bridgehead atoms. The van der Waals surface area contributed by atoms with Crippen LogP contribution in [0.3, 0.4) is 0 Å². The molecule has 1 aromatic rings. The number of benzene rings is 1. The van der Waals surface area contributed by atoms with Gasteiger partial charge in [0.25, 0.3) is 5.91 Å². The maximum Gasteiger partial charge on any atom is 0.256 e. The van der Waals surface area contributed by atoms with Crippen LogP contribution >= 0.6 is 0 Å². The maximum atomic E-state index is 13.0. The summed E-state index contributed by atoms with van der Waals surface area (Å²) >= 11 is 0. The number of hydrogen-bond donors (Lipinski definition) is 1. The van der Waals surface area contributed by atoms with E-state index in [4.69, 9.17) is 9.47 Å². The Hall–Kier alpha value is -2.06. The molecule has 0 saturated heterocycles. The lowest BCUT2D eigenvalue weighted by Gasteiger charge is -2.38. The van der Waals surface area contributed by atoms with Crippen LogP contribution in [0.4, 0.5) is 5.69 Å². The summed E-state index contributed by atoms with van der Waals surface area (Å²) in [7, 11) is 1.55. The van der Waals surface area contributed by atoms with Crippen molar-refractivity contribution < 1.29 is 14.3 Å². The molecular formula is C19H26N2O3. The van der Waals surface area contributed by atoms with Gasteiger partial charge in [-0.15, -0.1) is 0 Å². The standard InChI is InChI=1S/C19H26N2O3/c1-4-10-24-19(9-5-6-14(2)12-19)18(22)21-17-8-7-16(23-3)11-15(17)13-20/h7-8,11,14H,4-6,9-10,12H2,1-3H3,(H,21,22). The van der Waals surface area contributed by atoms with E-state index in [1.165, 1.54) is 0 Å². The van der Waals surface area contributed by atoms with Crippen molar-refractivity contribution in [3.8, 4) is 11.8 Å². The molecule has 0 spiro atoms. The van der Waals surface area contributed by atoms with Gasteiger partial charge in [0.1, 0.15) is 17.4 Å². The first-order valence-corrected chi connectivity index (χ1v) is 8.58. The number of hydrogen-bond acceptors (Lipinski definition) is 4. The SMILES string of the molecule is CCCOC1(C(=O)Nc2ccc(OC)cc2C#N)CCCC(C)C1. The highest BCUT2D eigenvalue weighted by atomic mass is 16.5. The number of carbonyl (C=O) groups excluding carboxylic acids is 1. The van der Waals surface area contributed by atoms with Gasteiger partial charge >= 0.3 is 0 Å². The first-order chi connectivity index (χ1) is 11.5. The molecule has 1 N–H and O–H groups in total. The average molecular weight is 330 g/mol. The third-order valence-electron chi connectivity index (χ3n) is 4.55. The summed E-state index contributed by atoms with van der Waals surface area (Å²) in [5.74, 6) is 0.893. The molecule has 5 heteroatoms. The van der Waals surface area contributed by atoms with E-state index in [0.29, 0.717) is 29.5 Å². The molecule has 1 amide bonds. The third-order valence-corrected chi connectivity index (χ3v) is 4.55. The topological polar surface area (TPSA) is 71.3 Å². The summed E-state index contributed by atoms with van der Waals surface area (Å²) in [6, 6.07) is 7.17. The van der Waals surface area contributed by atoms with E-state index in [1.807, 2.05) is 6.92 Å². The van der Waals surface area contributed by atoms with Gasteiger partial charge in [0.2, 0.25) is 0 Å². The van der Waals surface area contributed by atoms with Gasteiger partial charge in [0, 0.05) is 6.61 Å². The Kier molecular flexibility index (Phi) is 6.22. The summed E-state index contributed by atoms with van der Waals surface area (Å²) < 4.78 is 11.2. The lowest BCUT2D eigenvalue weighted by Crippen LogP contribution is -2.48. The monoisotopic (exact) mass is 330 g/mol. The zero-order chi connectivity index (χ0) is 17.6. The summed E-state index contributed by atoms with van der Waals surface area (Å²) in [6.45, 7) is 4.76. The number of methoxy groups -OCH3 is 1. The van der Waals surface area contributed by atoms with Crippen LogP contribution in [0.2, 0.25) is 0 Å². The Labute approximate surface area is 144 Å². The smallest absolute Gasteiger partial charge is 0.256 e. The van der Waals surface area contributed by atoms with Crippen LogP contribution in [-0.2, 0) is 9.53 Å². The molecular weight excluding hydrogens is 304 g/mol. The van der Waals surface area contributed by atoms with E-state index in [0.717, 1.165) is 32.1 Å². The minimum atomic E-state index is -0.791. The quantitative estimate of drug-likeness (QED) is 0.859. The molecule has 1 aliphatic rings. The lowest BCUT2D eigenvalue weighted by molar-refractivity contribution is -0.148. The summed E-state index contributed by atoms with van der Waals surface area (Å²) in [6.07, 6.45) is 4.41. The molecule has 1 aliphatic carbocycles. The van der Waals surface area contributed by atoms with E-state index in [1.54, 1.807) is 25.3 Å². The Morgan fingerprint density at radius 3 is 2.92 bits per heavy atom. The van der Waals surface area contributed by atoms with Crippen LogP contribution in [0.25, 0.3) is 0 Å². The maximum absolute atomic E-state index is 13.0. The van der Waals surface area contributed by atoms with E-state index < -0.39 is 5.60 Å². The Balaban J connectivity index is 2.23. The minimum absolute atomic E-state index is 0.149. The van der Waals surface area contributed by atoms with Crippen molar-refractivity contribution in [1.82, 2.24) is 0 Å². The van der Waals surface area contributed by atoms with Crippen molar-refractivity contribution in [2.24, 2.45) is 5.92 Å². The van der Waals surface area contributed by atoms with Crippen molar-refractivity contribution in [1.29, 1.82) is 5.26 Å². The number of nitriles is 1. The highest BCUT2D eigenvalue weighted by Crippen LogP contribution is 2.36.